The number of aliphatic hydroxyl groups excluding tert-OH is 1. The molecular formula is C24H26N2O2. The monoisotopic (exact) mass is 374 g/mol. The molecule has 1 amide bonds. The molecule has 0 fully saturated rings. The van der Waals surface area contributed by atoms with Crippen molar-refractivity contribution < 1.29 is 9.90 Å². The van der Waals surface area contributed by atoms with Gasteiger partial charge in [0, 0.05) is 23.8 Å². The Morgan fingerprint density at radius 2 is 1.54 bits per heavy atom. The third-order valence-corrected chi connectivity index (χ3v) is 4.97. The smallest absolute Gasteiger partial charge is 0.255 e. The Balaban J connectivity index is 1.66. The van der Waals surface area contributed by atoms with E-state index >= 15 is 0 Å². The summed E-state index contributed by atoms with van der Waals surface area (Å²) in [5, 5.41) is 13.4. The van der Waals surface area contributed by atoms with Crippen molar-refractivity contribution in [2.45, 2.75) is 19.1 Å². The summed E-state index contributed by atoms with van der Waals surface area (Å²) in [5.41, 5.74) is 3.37. The molecule has 28 heavy (non-hydrogen) atoms. The predicted molar refractivity (Wildman–Crippen MR) is 113 cm³/mol. The third-order valence-electron chi connectivity index (χ3n) is 4.97. The van der Waals surface area contributed by atoms with Crippen LogP contribution in [0.15, 0.2) is 84.9 Å². The average Bonchev–Trinajstić information content (AvgIpc) is 2.74. The number of nitrogens with one attached hydrogen (secondary N) is 1. The van der Waals surface area contributed by atoms with Crippen LogP contribution in [0.3, 0.4) is 0 Å². The SMILES string of the molecule is C[C@@H](c1cccc(NC(=O)c2ccccc2)c1)N(C)C[C@H](O)c1ccccc1. The van der Waals surface area contributed by atoms with Crippen molar-refractivity contribution >= 4 is 11.6 Å². The van der Waals surface area contributed by atoms with Gasteiger partial charge >= 0.3 is 0 Å². The molecule has 0 spiro atoms. The van der Waals surface area contributed by atoms with Gasteiger partial charge in [0.2, 0.25) is 0 Å². The number of hydrogen-bond acceptors (Lipinski definition) is 3. The van der Waals surface area contributed by atoms with Crippen LogP contribution >= 0.6 is 0 Å². The second-order valence-electron chi connectivity index (χ2n) is 6.99. The number of aliphatic hydroxyl groups is 1. The number of likely N-dealkylation sites (N-methyl/N-ethyl adjacent to an activating group) is 1. The zero-order valence-electron chi connectivity index (χ0n) is 16.2. The van der Waals surface area contributed by atoms with Crippen molar-refractivity contribution in [2.24, 2.45) is 0 Å². The van der Waals surface area contributed by atoms with E-state index in [9.17, 15) is 9.90 Å². The fraction of sp³-hybridized carbons (Fsp3) is 0.208. The highest BCUT2D eigenvalue weighted by molar-refractivity contribution is 6.04. The highest BCUT2D eigenvalue weighted by Crippen LogP contribution is 2.24. The van der Waals surface area contributed by atoms with Crippen molar-refractivity contribution in [3.63, 3.8) is 0 Å². The molecule has 3 rings (SSSR count). The molecule has 2 N–H and O–H groups in total. The molecule has 0 saturated heterocycles. The maximum absolute atomic E-state index is 12.4. The quantitative estimate of drug-likeness (QED) is 0.632. The molecule has 0 saturated carbocycles. The number of anilines is 1. The van der Waals surface area contributed by atoms with E-state index in [1.807, 2.05) is 79.8 Å². The Labute approximate surface area is 166 Å². The summed E-state index contributed by atoms with van der Waals surface area (Å²) >= 11 is 0. The Kier molecular flexibility index (Phi) is 6.58. The standard InChI is InChI=1S/C24H26N2O2/c1-18(26(2)17-23(27)19-10-5-3-6-11-19)21-14-9-15-22(16-21)25-24(28)20-12-7-4-8-13-20/h3-16,18,23,27H,17H2,1-2H3,(H,25,28)/t18-,23-/m0/s1. The van der Waals surface area contributed by atoms with Crippen molar-refractivity contribution in [1.82, 2.24) is 4.90 Å². The van der Waals surface area contributed by atoms with Gasteiger partial charge in [0.15, 0.2) is 0 Å². The summed E-state index contributed by atoms with van der Waals surface area (Å²) in [6.45, 7) is 2.61. The van der Waals surface area contributed by atoms with Gasteiger partial charge in [0.25, 0.3) is 5.91 Å². The van der Waals surface area contributed by atoms with Crippen molar-refractivity contribution in [3.05, 3.63) is 102 Å². The summed E-state index contributed by atoms with van der Waals surface area (Å²) < 4.78 is 0. The molecule has 0 aromatic heterocycles. The number of hydrogen-bond donors (Lipinski definition) is 2. The van der Waals surface area contributed by atoms with E-state index < -0.39 is 6.10 Å². The van der Waals surface area contributed by atoms with Crippen LogP contribution in [0, 0.1) is 0 Å². The minimum Gasteiger partial charge on any atom is -0.387 e. The van der Waals surface area contributed by atoms with Crippen LogP contribution in [0.4, 0.5) is 5.69 Å². The molecule has 0 heterocycles. The first-order valence-corrected chi connectivity index (χ1v) is 9.44. The van der Waals surface area contributed by atoms with Crippen LogP contribution < -0.4 is 5.32 Å². The number of rotatable bonds is 7. The first-order chi connectivity index (χ1) is 13.5. The molecule has 3 aromatic rings. The highest BCUT2D eigenvalue weighted by atomic mass is 16.3. The lowest BCUT2D eigenvalue weighted by Crippen LogP contribution is -2.27. The highest BCUT2D eigenvalue weighted by Gasteiger charge is 2.17. The van der Waals surface area contributed by atoms with E-state index in [0.29, 0.717) is 12.1 Å². The van der Waals surface area contributed by atoms with E-state index in [-0.39, 0.29) is 11.9 Å². The number of carbonyl (C=O) groups excluding carboxylic acids is 1. The second-order valence-corrected chi connectivity index (χ2v) is 6.99. The van der Waals surface area contributed by atoms with E-state index in [0.717, 1.165) is 16.8 Å². The fourth-order valence-corrected chi connectivity index (χ4v) is 3.14. The van der Waals surface area contributed by atoms with Crippen LogP contribution in [0.1, 0.15) is 40.6 Å². The third kappa shape index (κ3) is 5.06. The van der Waals surface area contributed by atoms with Crippen LogP contribution in [0.2, 0.25) is 0 Å². The van der Waals surface area contributed by atoms with Gasteiger partial charge in [-0.25, -0.2) is 0 Å². The zero-order chi connectivity index (χ0) is 19.9. The van der Waals surface area contributed by atoms with E-state index in [4.69, 9.17) is 0 Å². The Bertz CT molecular complexity index is 897. The number of benzene rings is 3. The van der Waals surface area contributed by atoms with E-state index in [1.54, 1.807) is 12.1 Å². The topological polar surface area (TPSA) is 52.6 Å². The first kappa shape index (κ1) is 19.8. The van der Waals surface area contributed by atoms with Gasteiger partial charge in [0.05, 0.1) is 6.10 Å². The Hall–Kier alpha value is -2.95. The number of amides is 1. The average molecular weight is 374 g/mol. The van der Waals surface area contributed by atoms with Crippen molar-refractivity contribution in [2.75, 3.05) is 18.9 Å². The fourth-order valence-electron chi connectivity index (χ4n) is 3.14. The van der Waals surface area contributed by atoms with Crippen LogP contribution in [-0.4, -0.2) is 29.5 Å². The molecule has 144 valence electrons. The van der Waals surface area contributed by atoms with Gasteiger partial charge in [-0.05, 0) is 49.4 Å². The molecule has 0 aliphatic carbocycles. The van der Waals surface area contributed by atoms with Gasteiger partial charge in [-0.2, -0.15) is 0 Å². The lowest BCUT2D eigenvalue weighted by atomic mass is 10.0. The van der Waals surface area contributed by atoms with Crippen molar-refractivity contribution in [1.29, 1.82) is 0 Å². The molecule has 4 heteroatoms. The number of carbonyl (C=O) groups is 1. The minimum absolute atomic E-state index is 0.0898. The molecule has 0 radical (unpaired) electrons. The Morgan fingerprint density at radius 3 is 2.21 bits per heavy atom. The maximum Gasteiger partial charge on any atom is 0.255 e. The van der Waals surface area contributed by atoms with Gasteiger partial charge in [-0.3, -0.25) is 9.69 Å². The molecule has 0 unspecified atom stereocenters. The molecule has 0 aliphatic heterocycles. The molecular weight excluding hydrogens is 348 g/mol. The second kappa shape index (κ2) is 9.31. The molecule has 0 bridgehead atoms. The largest absolute Gasteiger partial charge is 0.387 e. The lowest BCUT2D eigenvalue weighted by molar-refractivity contribution is 0.102. The zero-order valence-corrected chi connectivity index (χ0v) is 16.2. The summed E-state index contributed by atoms with van der Waals surface area (Å²) in [6, 6.07) is 26.8. The minimum atomic E-state index is -0.547. The van der Waals surface area contributed by atoms with Gasteiger partial charge in [-0.15, -0.1) is 0 Å². The van der Waals surface area contributed by atoms with E-state index in [1.165, 1.54) is 0 Å². The van der Waals surface area contributed by atoms with Crippen LogP contribution in [-0.2, 0) is 0 Å². The van der Waals surface area contributed by atoms with Crippen LogP contribution in [0.5, 0.6) is 0 Å². The lowest BCUT2D eigenvalue weighted by Gasteiger charge is -2.27. The molecule has 3 aromatic carbocycles. The molecule has 2 atom stereocenters. The molecule has 0 aliphatic rings. The predicted octanol–water partition coefficient (Wildman–Crippen LogP) is 4.67. The summed E-state index contributed by atoms with van der Waals surface area (Å²) in [7, 11) is 1.99. The normalized spacial score (nSPS) is 13.1. The molecule has 4 nitrogen and oxygen atoms in total. The summed E-state index contributed by atoms with van der Waals surface area (Å²) in [5.74, 6) is -0.127. The van der Waals surface area contributed by atoms with Gasteiger partial charge < -0.3 is 10.4 Å². The van der Waals surface area contributed by atoms with Gasteiger partial charge in [-0.1, -0.05) is 60.7 Å². The van der Waals surface area contributed by atoms with Crippen molar-refractivity contribution in [3.8, 4) is 0 Å². The Morgan fingerprint density at radius 1 is 0.929 bits per heavy atom. The first-order valence-electron chi connectivity index (χ1n) is 9.44. The van der Waals surface area contributed by atoms with Gasteiger partial charge in [0.1, 0.15) is 0 Å². The summed E-state index contributed by atoms with van der Waals surface area (Å²) in [6.07, 6.45) is -0.547. The van der Waals surface area contributed by atoms with E-state index in [2.05, 4.69) is 17.1 Å². The number of nitrogens with zero attached hydrogens (tertiary/aromatic N) is 1. The summed E-state index contributed by atoms with van der Waals surface area (Å²) in [4.78, 5) is 14.5. The van der Waals surface area contributed by atoms with Crippen LogP contribution in [0.25, 0.3) is 0 Å². The maximum atomic E-state index is 12.4.